The van der Waals surface area contributed by atoms with Gasteiger partial charge in [0, 0.05) is 13.1 Å². The summed E-state index contributed by atoms with van der Waals surface area (Å²) in [5.74, 6) is 0.235. The van der Waals surface area contributed by atoms with E-state index >= 15 is 0 Å². The number of carbonyl (C=O) groups excluding carboxylic acids is 1. The Morgan fingerprint density at radius 3 is 2.57 bits per heavy atom. The highest BCUT2D eigenvalue weighted by atomic mass is 16.2. The maximum Gasteiger partial charge on any atom is 0.226 e. The number of hydrogen-bond acceptors (Lipinski definition) is 1. The van der Waals surface area contributed by atoms with Crippen molar-refractivity contribution in [3.63, 3.8) is 0 Å². The zero-order valence-corrected chi connectivity index (χ0v) is 8.44. The molecule has 14 heavy (non-hydrogen) atoms. The minimum Gasteiger partial charge on any atom is -0.342 e. The molecule has 1 aromatic carbocycles. The first-order valence-corrected chi connectivity index (χ1v) is 5.07. The quantitative estimate of drug-likeness (QED) is 0.710. The van der Waals surface area contributed by atoms with E-state index in [1.54, 1.807) is 0 Å². The molecule has 1 aliphatic carbocycles. The van der Waals surface area contributed by atoms with E-state index in [1.165, 1.54) is 12.8 Å². The molecule has 0 atom stereocenters. The Hall–Kier alpha value is -1.31. The fourth-order valence-electron chi connectivity index (χ4n) is 1.56. The van der Waals surface area contributed by atoms with Crippen LogP contribution < -0.4 is 0 Å². The molecule has 1 fully saturated rings. The van der Waals surface area contributed by atoms with Gasteiger partial charge in [0.15, 0.2) is 0 Å². The van der Waals surface area contributed by atoms with Crippen molar-refractivity contribution < 1.29 is 4.79 Å². The van der Waals surface area contributed by atoms with Gasteiger partial charge in [0.05, 0.1) is 6.42 Å². The van der Waals surface area contributed by atoms with Crippen LogP contribution in [0, 0.1) is 0 Å². The molecule has 1 amide bonds. The number of hydrogen-bond donors (Lipinski definition) is 0. The number of rotatable bonds is 3. The molecule has 0 spiro atoms. The minimum atomic E-state index is 0.235. The molecule has 0 saturated heterocycles. The molecule has 2 nitrogen and oxygen atoms in total. The number of benzene rings is 1. The number of amides is 1. The number of carbonyl (C=O) groups is 1. The fourth-order valence-corrected chi connectivity index (χ4v) is 1.56. The van der Waals surface area contributed by atoms with Crippen LogP contribution in [0.1, 0.15) is 18.4 Å². The van der Waals surface area contributed by atoms with E-state index in [9.17, 15) is 4.79 Å². The summed E-state index contributed by atoms with van der Waals surface area (Å²) in [5, 5.41) is 0. The van der Waals surface area contributed by atoms with Crippen molar-refractivity contribution in [1.29, 1.82) is 0 Å². The van der Waals surface area contributed by atoms with Crippen molar-refractivity contribution in [2.24, 2.45) is 0 Å². The van der Waals surface area contributed by atoms with Gasteiger partial charge < -0.3 is 4.90 Å². The standard InChI is InChI=1S/C12H15NO/c1-13(11-7-8-11)12(14)9-10-5-3-2-4-6-10/h2-6,11H,7-9H2,1H3. The summed E-state index contributed by atoms with van der Waals surface area (Å²) in [5.41, 5.74) is 1.10. The number of nitrogens with zero attached hydrogens (tertiary/aromatic N) is 1. The lowest BCUT2D eigenvalue weighted by molar-refractivity contribution is -0.129. The van der Waals surface area contributed by atoms with Gasteiger partial charge in [-0.05, 0) is 18.4 Å². The summed E-state index contributed by atoms with van der Waals surface area (Å²) in [4.78, 5) is 13.6. The molecule has 1 aliphatic rings. The average molecular weight is 189 g/mol. The second-order valence-corrected chi connectivity index (χ2v) is 3.90. The van der Waals surface area contributed by atoms with Gasteiger partial charge in [-0.25, -0.2) is 0 Å². The topological polar surface area (TPSA) is 20.3 Å². The number of likely N-dealkylation sites (N-methyl/N-ethyl adjacent to an activating group) is 1. The molecule has 0 bridgehead atoms. The second kappa shape index (κ2) is 3.82. The molecule has 0 heterocycles. The Kier molecular flexibility index (Phi) is 2.53. The summed E-state index contributed by atoms with van der Waals surface area (Å²) in [6.45, 7) is 0. The predicted octanol–water partition coefficient (Wildman–Crippen LogP) is 1.85. The van der Waals surface area contributed by atoms with Crippen LogP contribution in [0.4, 0.5) is 0 Å². The molecule has 2 rings (SSSR count). The van der Waals surface area contributed by atoms with Crippen LogP contribution in [0.2, 0.25) is 0 Å². The SMILES string of the molecule is CN(C(=O)Cc1ccccc1)C1CC1. The Bertz CT molecular complexity index is 316. The first kappa shape index (κ1) is 9.25. The van der Waals surface area contributed by atoms with Crippen LogP contribution in [0.25, 0.3) is 0 Å². The van der Waals surface area contributed by atoms with Crippen LogP contribution >= 0.6 is 0 Å². The zero-order chi connectivity index (χ0) is 9.97. The third kappa shape index (κ3) is 2.13. The van der Waals surface area contributed by atoms with E-state index in [1.807, 2.05) is 42.3 Å². The van der Waals surface area contributed by atoms with Crippen molar-refractivity contribution in [2.75, 3.05) is 7.05 Å². The first-order valence-electron chi connectivity index (χ1n) is 5.07. The highest BCUT2D eigenvalue weighted by molar-refractivity contribution is 5.79. The molecule has 1 saturated carbocycles. The maximum atomic E-state index is 11.7. The monoisotopic (exact) mass is 189 g/mol. The van der Waals surface area contributed by atoms with Gasteiger partial charge in [-0.3, -0.25) is 4.79 Å². The van der Waals surface area contributed by atoms with Gasteiger partial charge >= 0.3 is 0 Å². The molecular weight excluding hydrogens is 174 g/mol. The highest BCUT2D eigenvalue weighted by Crippen LogP contribution is 2.25. The van der Waals surface area contributed by atoms with Crippen LogP contribution in [0.5, 0.6) is 0 Å². The smallest absolute Gasteiger partial charge is 0.226 e. The molecule has 2 heteroatoms. The normalized spacial score (nSPS) is 15.2. The van der Waals surface area contributed by atoms with E-state index in [-0.39, 0.29) is 5.91 Å². The molecule has 74 valence electrons. The van der Waals surface area contributed by atoms with Gasteiger partial charge in [-0.1, -0.05) is 30.3 Å². The van der Waals surface area contributed by atoms with E-state index < -0.39 is 0 Å². The Morgan fingerprint density at radius 1 is 1.36 bits per heavy atom. The van der Waals surface area contributed by atoms with Crippen molar-refractivity contribution in [1.82, 2.24) is 4.90 Å². The van der Waals surface area contributed by atoms with Gasteiger partial charge in [-0.15, -0.1) is 0 Å². The summed E-state index contributed by atoms with van der Waals surface area (Å²) in [6.07, 6.45) is 2.89. The van der Waals surface area contributed by atoms with Crippen molar-refractivity contribution >= 4 is 5.91 Å². The molecule has 0 aliphatic heterocycles. The highest BCUT2D eigenvalue weighted by Gasteiger charge is 2.29. The van der Waals surface area contributed by atoms with Crippen LogP contribution in [0.3, 0.4) is 0 Å². The van der Waals surface area contributed by atoms with E-state index in [4.69, 9.17) is 0 Å². The second-order valence-electron chi connectivity index (χ2n) is 3.90. The van der Waals surface area contributed by atoms with E-state index in [0.29, 0.717) is 12.5 Å². The Balaban J connectivity index is 1.94. The predicted molar refractivity (Wildman–Crippen MR) is 55.9 cm³/mol. The van der Waals surface area contributed by atoms with Crippen LogP contribution in [0.15, 0.2) is 30.3 Å². The summed E-state index contributed by atoms with van der Waals surface area (Å²) >= 11 is 0. The lowest BCUT2D eigenvalue weighted by atomic mass is 10.1. The third-order valence-electron chi connectivity index (χ3n) is 2.69. The van der Waals surface area contributed by atoms with Gasteiger partial charge in [0.2, 0.25) is 5.91 Å². The zero-order valence-electron chi connectivity index (χ0n) is 8.44. The molecule has 1 aromatic rings. The summed E-state index contributed by atoms with van der Waals surface area (Å²) < 4.78 is 0. The van der Waals surface area contributed by atoms with Crippen molar-refractivity contribution in [3.05, 3.63) is 35.9 Å². The van der Waals surface area contributed by atoms with Crippen LogP contribution in [-0.4, -0.2) is 23.9 Å². The third-order valence-corrected chi connectivity index (χ3v) is 2.69. The summed E-state index contributed by atoms with van der Waals surface area (Å²) in [6, 6.07) is 10.4. The van der Waals surface area contributed by atoms with E-state index in [2.05, 4.69) is 0 Å². The molecule has 0 radical (unpaired) electrons. The van der Waals surface area contributed by atoms with Gasteiger partial charge in [0.1, 0.15) is 0 Å². The van der Waals surface area contributed by atoms with Gasteiger partial charge in [-0.2, -0.15) is 0 Å². The maximum absolute atomic E-state index is 11.7. The largest absolute Gasteiger partial charge is 0.342 e. The first-order chi connectivity index (χ1) is 6.77. The molecular formula is C12H15NO. The lowest BCUT2D eigenvalue weighted by Crippen LogP contribution is -2.30. The average Bonchev–Trinajstić information content (AvgIpc) is 3.01. The molecule has 0 N–H and O–H groups in total. The molecule has 0 aromatic heterocycles. The Labute approximate surface area is 84.5 Å². The summed E-state index contributed by atoms with van der Waals surface area (Å²) in [7, 11) is 1.91. The van der Waals surface area contributed by atoms with Crippen LogP contribution in [-0.2, 0) is 11.2 Å². The molecule has 0 unspecified atom stereocenters. The van der Waals surface area contributed by atoms with Crippen molar-refractivity contribution in [2.45, 2.75) is 25.3 Å². The van der Waals surface area contributed by atoms with E-state index in [0.717, 1.165) is 5.56 Å². The fraction of sp³-hybridized carbons (Fsp3) is 0.417. The van der Waals surface area contributed by atoms with Gasteiger partial charge in [0.25, 0.3) is 0 Å². The lowest BCUT2D eigenvalue weighted by Gasteiger charge is -2.15. The Morgan fingerprint density at radius 2 is 2.00 bits per heavy atom. The van der Waals surface area contributed by atoms with Crippen molar-refractivity contribution in [3.8, 4) is 0 Å². The minimum absolute atomic E-state index is 0.235.